The van der Waals surface area contributed by atoms with Gasteiger partial charge in [-0.1, -0.05) is 11.6 Å². The van der Waals surface area contributed by atoms with E-state index in [-0.39, 0.29) is 6.03 Å². The molecule has 1 saturated heterocycles. The maximum Gasteiger partial charge on any atom is 0.317 e. The van der Waals surface area contributed by atoms with E-state index in [2.05, 4.69) is 11.4 Å². The lowest BCUT2D eigenvalue weighted by atomic mass is 10.1. The second-order valence-corrected chi connectivity index (χ2v) is 4.47. The number of nitrogens with zero attached hydrogens (tertiary/aromatic N) is 1. The summed E-state index contributed by atoms with van der Waals surface area (Å²) in [6.07, 6.45) is 3.13. The van der Waals surface area contributed by atoms with Crippen molar-refractivity contribution in [1.82, 2.24) is 10.2 Å². The molecule has 1 heterocycles. The van der Waals surface area contributed by atoms with Crippen LogP contribution in [0.25, 0.3) is 0 Å². The number of amides is 2. The lowest BCUT2D eigenvalue weighted by Gasteiger charge is -2.23. The summed E-state index contributed by atoms with van der Waals surface area (Å²) >= 11 is 0. The van der Waals surface area contributed by atoms with Crippen LogP contribution in [0.4, 0.5) is 4.79 Å². The Balaban J connectivity index is 2.48. The van der Waals surface area contributed by atoms with Gasteiger partial charge in [0.2, 0.25) is 0 Å². The number of hydrogen-bond donors (Lipinski definition) is 1. The first kappa shape index (κ1) is 13.0. The first-order valence-corrected chi connectivity index (χ1v) is 5.81. The van der Waals surface area contributed by atoms with Gasteiger partial charge in [0.1, 0.15) is 0 Å². The Hall–Kier alpha value is -1.03. The molecule has 4 nitrogen and oxygen atoms in total. The molecular formula is C12H22N2O2. The largest absolute Gasteiger partial charge is 0.381 e. The Kier molecular flexibility index (Phi) is 5.32. The average Bonchev–Trinajstić information content (AvgIpc) is 2.75. The molecule has 0 saturated carbocycles. The third-order valence-corrected chi connectivity index (χ3v) is 2.72. The number of carbonyl (C=O) groups is 1. The van der Waals surface area contributed by atoms with Gasteiger partial charge in [0.05, 0.1) is 6.61 Å². The first-order chi connectivity index (χ1) is 7.63. The molecular weight excluding hydrogens is 204 g/mol. The lowest BCUT2D eigenvalue weighted by Crippen LogP contribution is -2.41. The number of nitrogens with one attached hydrogen (secondary N) is 1. The standard InChI is InChI=1S/C12H22N2O2/c1-10(2)4-6-14(12(15)13-3)8-11-5-7-16-9-11/h4,11H,5-9H2,1-3H3,(H,13,15). The van der Waals surface area contributed by atoms with Crippen LogP contribution in [0.2, 0.25) is 0 Å². The molecule has 16 heavy (non-hydrogen) atoms. The molecule has 0 aromatic carbocycles. The van der Waals surface area contributed by atoms with Gasteiger partial charge in [-0.05, 0) is 20.3 Å². The van der Waals surface area contributed by atoms with Crippen LogP contribution in [0.15, 0.2) is 11.6 Å². The second kappa shape index (κ2) is 6.53. The van der Waals surface area contributed by atoms with Gasteiger partial charge in [-0.3, -0.25) is 0 Å². The molecule has 1 fully saturated rings. The molecule has 0 aromatic rings. The molecule has 0 radical (unpaired) electrons. The van der Waals surface area contributed by atoms with Gasteiger partial charge in [0.15, 0.2) is 0 Å². The molecule has 4 heteroatoms. The van der Waals surface area contributed by atoms with Crippen molar-refractivity contribution in [1.29, 1.82) is 0 Å². The number of hydrogen-bond acceptors (Lipinski definition) is 2. The second-order valence-electron chi connectivity index (χ2n) is 4.47. The first-order valence-electron chi connectivity index (χ1n) is 5.81. The maximum atomic E-state index is 11.7. The highest BCUT2D eigenvalue weighted by atomic mass is 16.5. The van der Waals surface area contributed by atoms with Crippen molar-refractivity contribution in [3.8, 4) is 0 Å². The van der Waals surface area contributed by atoms with Crippen LogP contribution < -0.4 is 5.32 Å². The van der Waals surface area contributed by atoms with Gasteiger partial charge < -0.3 is 15.0 Å². The average molecular weight is 226 g/mol. The molecule has 1 atom stereocenters. The minimum Gasteiger partial charge on any atom is -0.381 e. The molecule has 0 spiro atoms. The van der Waals surface area contributed by atoms with E-state index in [1.165, 1.54) is 5.57 Å². The van der Waals surface area contributed by atoms with Crippen LogP contribution in [0.3, 0.4) is 0 Å². The van der Waals surface area contributed by atoms with Crippen LogP contribution in [0, 0.1) is 5.92 Å². The van der Waals surface area contributed by atoms with Gasteiger partial charge in [-0.25, -0.2) is 4.79 Å². The van der Waals surface area contributed by atoms with Crippen LogP contribution in [0.5, 0.6) is 0 Å². The molecule has 1 N–H and O–H groups in total. The summed E-state index contributed by atoms with van der Waals surface area (Å²) in [4.78, 5) is 13.5. The van der Waals surface area contributed by atoms with Gasteiger partial charge >= 0.3 is 6.03 Å². The van der Waals surface area contributed by atoms with E-state index in [4.69, 9.17) is 4.74 Å². The van der Waals surface area contributed by atoms with Crippen LogP contribution in [-0.2, 0) is 4.74 Å². The summed E-state index contributed by atoms with van der Waals surface area (Å²) in [5.74, 6) is 0.489. The predicted octanol–water partition coefficient (Wildman–Crippen LogP) is 1.63. The topological polar surface area (TPSA) is 41.6 Å². The third kappa shape index (κ3) is 4.23. The molecule has 0 aromatic heterocycles. The quantitative estimate of drug-likeness (QED) is 0.740. The van der Waals surface area contributed by atoms with Gasteiger partial charge in [-0.2, -0.15) is 0 Å². The number of carbonyl (C=O) groups excluding carboxylic acids is 1. The van der Waals surface area contributed by atoms with Crippen molar-refractivity contribution >= 4 is 6.03 Å². The van der Waals surface area contributed by atoms with E-state index >= 15 is 0 Å². The Bertz CT molecular complexity index is 254. The fourth-order valence-corrected chi connectivity index (χ4v) is 1.73. The fraction of sp³-hybridized carbons (Fsp3) is 0.750. The van der Waals surface area contributed by atoms with Crippen molar-refractivity contribution in [2.24, 2.45) is 5.92 Å². The number of urea groups is 1. The van der Waals surface area contributed by atoms with E-state index in [0.717, 1.165) is 26.2 Å². The highest BCUT2D eigenvalue weighted by Gasteiger charge is 2.21. The van der Waals surface area contributed by atoms with E-state index in [9.17, 15) is 4.79 Å². The minimum absolute atomic E-state index is 0.00981. The molecule has 1 aliphatic rings. The fourth-order valence-electron chi connectivity index (χ4n) is 1.73. The van der Waals surface area contributed by atoms with Crippen LogP contribution >= 0.6 is 0 Å². The normalized spacial score (nSPS) is 19.3. The van der Waals surface area contributed by atoms with Crippen molar-refractivity contribution in [3.63, 3.8) is 0 Å². The highest BCUT2D eigenvalue weighted by molar-refractivity contribution is 5.74. The summed E-state index contributed by atoms with van der Waals surface area (Å²) in [7, 11) is 1.67. The number of allylic oxidation sites excluding steroid dienone is 1. The summed E-state index contributed by atoms with van der Waals surface area (Å²) in [5.41, 5.74) is 1.23. The Labute approximate surface area is 97.6 Å². The van der Waals surface area contributed by atoms with E-state index < -0.39 is 0 Å². The van der Waals surface area contributed by atoms with Crippen molar-refractivity contribution in [2.75, 3.05) is 33.4 Å². The zero-order valence-corrected chi connectivity index (χ0v) is 10.5. The zero-order valence-electron chi connectivity index (χ0n) is 10.5. The monoisotopic (exact) mass is 226 g/mol. The molecule has 0 aliphatic carbocycles. The highest BCUT2D eigenvalue weighted by Crippen LogP contribution is 2.14. The number of ether oxygens (including phenoxy) is 1. The van der Waals surface area contributed by atoms with E-state index in [1.54, 1.807) is 7.05 Å². The van der Waals surface area contributed by atoms with Crippen LogP contribution in [-0.4, -0.2) is 44.3 Å². The van der Waals surface area contributed by atoms with Gasteiger partial charge in [0, 0.05) is 32.7 Å². The SMILES string of the molecule is CNC(=O)N(CC=C(C)C)CC1CCOC1. The summed E-state index contributed by atoms with van der Waals surface area (Å²) < 4.78 is 5.32. The van der Waals surface area contributed by atoms with E-state index in [1.807, 2.05) is 18.7 Å². The minimum atomic E-state index is -0.00981. The molecule has 92 valence electrons. The maximum absolute atomic E-state index is 11.7. The van der Waals surface area contributed by atoms with Crippen molar-refractivity contribution in [3.05, 3.63) is 11.6 Å². The Morgan fingerprint density at radius 2 is 2.31 bits per heavy atom. The van der Waals surface area contributed by atoms with Crippen LogP contribution in [0.1, 0.15) is 20.3 Å². The predicted molar refractivity (Wildman–Crippen MR) is 64.4 cm³/mol. The Morgan fingerprint density at radius 1 is 1.56 bits per heavy atom. The van der Waals surface area contributed by atoms with Gasteiger partial charge in [0.25, 0.3) is 0 Å². The molecule has 2 amide bonds. The van der Waals surface area contributed by atoms with Crippen molar-refractivity contribution in [2.45, 2.75) is 20.3 Å². The zero-order chi connectivity index (χ0) is 12.0. The lowest BCUT2D eigenvalue weighted by molar-refractivity contribution is 0.169. The van der Waals surface area contributed by atoms with Crippen molar-refractivity contribution < 1.29 is 9.53 Å². The number of rotatable bonds is 4. The molecule has 1 unspecified atom stereocenters. The molecule has 1 aliphatic heterocycles. The molecule has 0 bridgehead atoms. The van der Waals surface area contributed by atoms with Gasteiger partial charge in [-0.15, -0.1) is 0 Å². The smallest absolute Gasteiger partial charge is 0.317 e. The molecule has 1 rings (SSSR count). The summed E-state index contributed by atoms with van der Waals surface area (Å²) in [6.45, 7) is 7.15. The summed E-state index contributed by atoms with van der Waals surface area (Å²) in [5, 5.41) is 2.68. The Morgan fingerprint density at radius 3 is 2.81 bits per heavy atom. The van der Waals surface area contributed by atoms with E-state index in [0.29, 0.717) is 12.5 Å². The third-order valence-electron chi connectivity index (χ3n) is 2.72. The summed E-state index contributed by atoms with van der Waals surface area (Å²) in [6, 6.07) is -0.00981.